The molecule has 0 aliphatic heterocycles. The van der Waals surface area contributed by atoms with Crippen molar-refractivity contribution in [2.45, 2.75) is 0 Å². The molecule has 30 heavy (non-hydrogen) atoms. The Balaban J connectivity index is 1.37. The molecule has 1 amide bonds. The van der Waals surface area contributed by atoms with Crippen LogP contribution in [0.1, 0.15) is 10.6 Å². The number of fused-ring (bicyclic) bond motifs is 1. The number of anilines is 3. The molecular weight excluding hydrogens is 380 g/mol. The van der Waals surface area contributed by atoms with Crippen molar-refractivity contribution in [2.24, 2.45) is 0 Å². The van der Waals surface area contributed by atoms with Crippen LogP contribution in [0.4, 0.5) is 17.2 Å². The van der Waals surface area contributed by atoms with Crippen molar-refractivity contribution in [1.29, 1.82) is 0 Å². The zero-order valence-corrected chi connectivity index (χ0v) is 15.7. The van der Waals surface area contributed by atoms with Gasteiger partial charge in [0.25, 0.3) is 5.91 Å². The largest absolute Gasteiger partial charge is 0.459 e. The number of aromatic nitrogens is 4. The van der Waals surface area contributed by atoms with Crippen LogP contribution in [0, 0.1) is 0 Å². The Morgan fingerprint density at radius 3 is 2.47 bits per heavy atom. The highest BCUT2D eigenvalue weighted by molar-refractivity contribution is 6.02. The molecule has 2 N–H and O–H groups in total. The van der Waals surface area contributed by atoms with Crippen LogP contribution in [0.2, 0.25) is 0 Å². The topological polar surface area (TPSA) is 97.9 Å². The van der Waals surface area contributed by atoms with Gasteiger partial charge in [0, 0.05) is 11.4 Å². The van der Waals surface area contributed by atoms with Gasteiger partial charge in [-0.05, 0) is 48.5 Å². The summed E-state index contributed by atoms with van der Waals surface area (Å²) in [6, 6.07) is 20.4. The number of carbonyl (C=O) groups excluding carboxylic acids is 1. The summed E-state index contributed by atoms with van der Waals surface area (Å²) in [5.41, 5.74) is 3.11. The van der Waals surface area contributed by atoms with E-state index < -0.39 is 0 Å². The van der Waals surface area contributed by atoms with Gasteiger partial charge in [0.15, 0.2) is 11.4 Å². The molecule has 2 aromatic carbocycles. The van der Waals surface area contributed by atoms with Crippen LogP contribution < -0.4 is 10.6 Å². The Kier molecular flexibility index (Phi) is 4.41. The third kappa shape index (κ3) is 3.37. The fourth-order valence-corrected chi connectivity index (χ4v) is 3.08. The molecule has 0 unspecified atom stereocenters. The Bertz CT molecular complexity index is 1300. The predicted octanol–water partition coefficient (Wildman–Crippen LogP) is 4.40. The smallest absolute Gasteiger partial charge is 0.291 e. The first-order valence-corrected chi connectivity index (χ1v) is 9.24. The Labute approximate surface area is 171 Å². The summed E-state index contributed by atoms with van der Waals surface area (Å²) in [6.07, 6.45) is 4.71. The van der Waals surface area contributed by atoms with Crippen LogP contribution in [-0.4, -0.2) is 25.7 Å². The molecule has 5 rings (SSSR count). The lowest BCUT2D eigenvalue weighted by molar-refractivity contribution is 0.0996. The summed E-state index contributed by atoms with van der Waals surface area (Å²) in [5.74, 6) is 0.608. The predicted molar refractivity (Wildman–Crippen MR) is 113 cm³/mol. The van der Waals surface area contributed by atoms with Crippen LogP contribution in [0.15, 0.2) is 89.9 Å². The normalized spacial score (nSPS) is 10.8. The van der Waals surface area contributed by atoms with E-state index in [1.54, 1.807) is 35.1 Å². The molecular formula is C22H16N6O2. The molecule has 8 heteroatoms. The van der Waals surface area contributed by atoms with Crippen molar-refractivity contribution >= 4 is 34.1 Å². The van der Waals surface area contributed by atoms with Crippen molar-refractivity contribution in [3.05, 3.63) is 91.3 Å². The highest BCUT2D eigenvalue weighted by atomic mass is 16.3. The average Bonchev–Trinajstić information content (AvgIpc) is 3.47. The van der Waals surface area contributed by atoms with Crippen LogP contribution in [0.3, 0.4) is 0 Å². The molecule has 0 spiro atoms. The van der Waals surface area contributed by atoms with E-state index in [-0.39, 0.29) is 11.7 Å². The first-order valence-electron chi connectivity index (χ1n) is 9.24. The van der Waals surface area contributed by atoms with E-state index in [4.69, 9.17) is 4.42 Å². The summed E-state index contributed by atoms with van der Waals surface area (Å²) >= 11 is 0. The monoisotopic (exact) mass is 396 g/mol. The van der Waals surface area contributed by atoms with Gasteiger partial charge >= 0.3 is 0 Å². The van der Waals surface area contributed by atoms with E-state index in [1.807, 2.05) is 42.5 Å². The number of para-hydroxylation sites is 1. The van der Waals surface area contributed by atoms with Gasteiger partial charge < -0.3 is 15.1 Å². The standard InChI is InChI=1S/C22H16N6O2/c29-22(19-7-4-12-30-19)27-16-10-8-15(9-11-16)26-20-18-13-25-28(21(18)24-14-23-20)17-5-2-1-3-6-17/h1-14H,(H,27,29)(H,23,24,26). The highest BCUT2D eigenvalue weighted by Crippen LogP contribution is 2.25. The molecule has 0 saturated heterocycles. The van der Waals surface area contributed by atoms with Crippen LogP contribution in [-0.2, 0) is 0 Å². The number of rotatable bonds is 5. The van der Waals surface area contributed by atoms with Gasteiger partial charge in [0.05, 0.1) is 23.5 Å². The minimum absolute atomic E-state index is 0.260. The molecule has 0 atom stereocenters. The second-order valence-corrected chi connectivity index (χ2v) is 6.49. The third-order valence-corrected chi connectivity index (χ3v) is 4.52. The number of hydrogen-bond donors (Lipinski definition) is 2. The number of nitrogens with one attached hydrogen (secondary N) is 2. The van der Waals surface area contributed by atoms with Gasteiger partial charge in [-0.25, -0.2) is 14.6 Å². The molecule has 0 fully saturated rings. The van der Waals surface area contributed by atoms with Gasteiger partial charge in [-0.15, -0.1) is 0 Å². The maximum atomic E-state index is 12.1. The van der Waals surface area contributed by atoms with Crippen molar-refractivity contribution in [3.63, 3.8) is 0 Å². The van der Waals surface area contributed by atoms with Gasteiger partial charge in [-0.1, -0.05) is 18.2 Å². The maximum absolute atomic E-state index is 12.1. The third-order valence-electron chi connectivity index (χ3n) is 4.52. The lowest BCUT2D eigenvalue weighted by Gasteiger charge is -2.08. The minimum atomic E-state index is -0.299. The molecule has 5 aromatic rings. The Morgan fingerprint density at radius 2 is 1.70 bits per heavy atom. The van der Waals surface area contributed by atoms with Crippen molar-refractivity contribution in [3.8, 4) is 5.69 Å². The van der Waals surface area contributed by atoms with Crippen LogP contribution >= 0.6 is 0 Å². The van der Waals surface area contributed by atoms with E-state index in [1.165, 1.54) is 12.6 Å². The van der Waals surface area contributed by atoms with E-state index in [0.29, 0.717) is 17.2 Å². The quantitative estimate of drug-likeness (QED) is 0.457. The summed E-state index contributed by atoms with van der Waals surface area (Å²) < 4.78 is 6.87. The zero-order valence-electron chi connectivity index (χ0n) is 15.7. The number of hydrogen-bond acceptors (Lipinski definition) is 6. The maximum Gasteiger partial charge on any atom is 0.291 e. The van der Waals surface area contributed by atoms with Crippen LogP contribution in [0.5, 0.6) is 0 Å². The molecule has 146 valence electrons. The minimum Gasteiger partial charge on any atom is -0.459 e. The zero-order chi connectivity index (χ0) is 20.3. The van der Waals surface area contributed by atoms with Gasteiger partial charge in [-0.2, -0.15) is 5.10 Å². The fraction of sp³-hybridized carbons (Fsp3) is 0. The second kappa shape index (κ2) is 7.51. The molecule has 3 aromatic heterocycles. The van der Waals surface area contributed by atoms with E-state index in [2.05, 4.69) is 25.7 Å². The fourth-order valence-electron chi connectivity index (χ4n) is 3.08. The second-order valence-electron chi connectivity index (χ2n) is 6.49. The number of amides is 1. The Hall–Kier alpha value is -4.46. The van der Waals surface area contributed by atoms with Crippen LogP contribution in [0.25, 0.3) is 16.7 Å². The van der Waals surface area contributed by atoms with E-state index >= 15 is 0 Å². The average molecular weight is 396 g/mol. The van der Waals surface area contributed by atoms with E-state index in [0.717, 1.165) is 16.8 Å². The van der Waals surface area contributed by atoms with Gasteiger partial charge in [0.1, 0.15) is 12.1 Å². The summed E-state index contributed by atoms with van der Waals surface area (Å²) in [6.45, 7) is 0. The number of carbonyl (C=O) groups is 1. The SMILES string of the molecule is O=C(Nc1ccc(Nc2ncnc3c2cnn3-c2ccccc2)cc1)c1ccco1. The van der Waals surface area contributed by atoms with Gasteiger partial charge in [-0.3, -0.25) is 4.79 Å². The van der Waals surface area contributed by atoms with Crippen molar-refractivity contribution < 1.29 is 9.21 Å². The number of benzene rings is 2. The highest BCUT2D eigenvalue weighted by Gasteiger charge is 2.12. The molecule has 0 saturated carbocycles. The molecule has 0 aliphatic carbocycles. The van der Waals surface area contributed by atoms with E-state index in [9.17, 15) is 4.79 Å². The molecule has 0 bridgehead atoms. The summed E-state index contributed by atoms with van der Waals surface area (Å²) in [7, 11) is 0. The molecule has 3 heterocycles. The van der Waals surface area contributed by atoms with Crippen molar-refractivity contribution in [1.82, 2.24) is 19.7 Å². The first-order chi connectivity index (χ1) is 14.8. The molecule has 0 radical (unpaired) electrons. The number of nitrogens with zero attached hydrogens (tertiary/aromatic N) is 4. The number of furan rings is 1. The summed E-state index contributed by atoms with van der Waals surface area (Å²) in [4.78, 5) is 20.8. The Morgan fingerprint density at radius 1 is 0.900 bits per heavy atom. The molecule has 8 nitrogen and oxygen atoms in total. The molecule has 0 aliphatic rings. The summed E-state index contributed by atoms with van der Waals surface area (Å²) in [5, 5.41) is 11.3. The van der Waals surface area contributed by atoms with Gasteiger partial charge in [0.2, 0.25) is 0 Å². The van der Waals surface area contributed by atoms with Crippen molar-refractivity contribution in [2.75, 3.05) is 10.6 Å². The lowest BCUT2D eigenvalue weighted by atomic mass is 10.2. The first kappa shape index (κ1) is 17.6. The lowest BCUT2D eigenvalue weighted by Crippen LogP contribution is -2.10.